The summed E-state index contributed by atoms with van der Waals surface area (Å²) in [7, 11) is -5.04. The summed E-state index contributed by atoms with van der Waals surface area (Å²) in [6.45, 7) is 29.5. The fourth-order valence-electron chi connectivity index (χ4n) is 13.6. The van der Waals surface area contributed by atoms with E-state index in [-0.39, 0.29) is 41.9 Å². The van der Waals surface area contributed by atoms with Gasteiger partial charge in [-0.2, -0.15) is 0 Å². The van der Waals surface area contributed by atoms with Crippen LogP contribution in [0.3, 0.4) is 0 Å². The van der Waals surface area contributed by atoms with Crippen molar-refractivity contribution in [3.63, 3.8) is 0 Å². The van der Waals surface area contributed by atoms with Crippen LogP contribution in [-0.4, -0.2) is 84.7 Å². The zero-order chi connectivity index (χ0) is 73.4. The molecular weight excluding hydrogens is 1300 g/mol. The standard InChI is InChI=1S/C90H151NO9Si2/c1-13-15-17-19-21-23-25-27-28-29-30-31-32-33-34-35-36-37-39-41-43-45-59-69-83(92)91-80(84(100-102(11,12)90(6,7)8)81(99-101(9,10)89(3,4)5)68-58-44-42-40-38-26-24-22-20-18-16-14-2)74-97-88-87(96-73-79-66-56-49-57-67-79)86(95-72-78-64-54-48-55-65-78)85(94-71-77-62-52-47-53-63-77)82(98-88)75-93-70-76-60-50-46-51-61-76/h46-57,60-67,80-82,84-88H,13-45,58-59,68-75H2,1-12H3,(H,91,92)/t80-,81+,82+,84-,85-,86-,87+,88-/m0/s1. The minimum absolute atomic E-state index is 0.0134. The predicted octanol–water partition coefficient (Wildman–Crippen LogP) is 25.4. The summed E-state index contributed by atoms with van der Waals surface area (Å²) >= 11 is 0. The van der Waals surface area contributed by atoms with Crippen molar-refractivity contribution in [1.29, 1.82) is 0 Å². The van der Waals surface area contributed by atoms with Crippen molar-refractivity contribution in [3.8, 4) is 0 Å². The van der Waals surface area contributed by atoms with E-state index in [1.807, 2.05) is 72.8 Å². The van der Waals surface area contributed by atoms with E-state index in [1.54, 1.807) is 0 Å². The molecule has 10 nitrogen and oxygen atoms in total. The van der Waals surface area contributed by atoms with Crippen molar-refractivity contribution in [1.82, 2.24) is 5.32 Å². The topological polar surface area (TPSA) is 103 Å². The van der Waals surface area contributed by atoms with Crippen LogP contribution in [0.25, 0.3) is 0 Å². The predicted molar refractivity (Wildman–Crippen MR) is 434 cm³/mol. The SMILES string of the molecule is CCCCCCCCCCCCCCCCCCCCCCCCCC(=O)N[C@@H](CO[C@H]1O[C@H](COCc2ccccc2)[C@H](OCc2ccccc2)[C@H](OCc2ccccc2)[C@H]1OCc1ccccc1)[C@H](O[Si](C)(C)C(C)(C)C)[C@@H](CCCCCCCCCCCCCC)O[Si](C)(C)C(C)(C)C. The smallest absolute Gasteiger partial charge is 0.220 e. The molecule has 1 N–H and O–H groups in total. The Labute approximate surface area is 627 Å². The number of benzene rings is 4. The number of hydrogen-bond acceptors (Lipinski definition) is 9. The molecule has 4 aromatic carbocycles. The highest BCUT2D eigenvalue weighted by Gasteiger charge is 2.51. The summed E-state index contributed by atoms with van der Waals surface area (Å²) in [5.74, 6) is 0.0134. The van der Waals surface area contributed by atoms with Crippen LogP contribution in [0.2, 0.25) is 36.3 Å². The van der Waals surface area contributed by atoms with Crippen molar-refractivity contribution >= 4 is 22.5 Å². The quantitative estimate of drug-likeness (QED) is 0.0342. The molecule has 5 rings (SSSR count). The van der Waals surface area contributed by atoms with E-state index >= 15 is 4.79 Å². The Balaban J connectivity index is 1.40. The number of unbranched alkanes of at least 4 members (excludes halogenated alkanes) is 33. The highest BCUT2D eigenvalue weighted by atomic mass is 28.4. The van der Waals surface area contributed by atoms with Gasteiger partial charge in [-0.3, -0.25) is 4.79 Å². The lowest BCUT2D eigenvalue weighted by atomic mass is 9.97. The van der Waals surface area contributed by atoms with Crippen LogP contribution in [0, 0.1) is 0 Å². The fraction of sp³-hybridized carbons (Fsp3) is 0.722. The van der Waals surface area contributed by atoms with Crippen LogP contribution in [0.1, 0.15) is 315 Å². The molecule has 0 saturated carbocycles. The van der Waals surface area contributed by atoms with Gasteiger partial charge in [0.25, 0.3) is 0 Å². The van der Waals surface area contributed by atoms with E-state index in [4.69, 9.17) is 37.3 Å². The molecule has 0 spiro atoms. The van der Waals surface area contributed by atoms with Gasteiger partial charge in [-0.05, 0) is 71.4 Å². The maximum Gasteiger partial charge on any atom is 0.220 e. The second-order valence-electron chi connectivity index (χ2n) is 33.3. The summed E-state index contributed by atoms with van der Waals surface area (Å²) in [5.41, 5.74) is 4.12. The van der Waals surface area contributed by atoms with E-state index < -0.39 is 59.5 Å². The van der Waals surface area contributed by atoms with Crippen LogP contribution >= 0.6 is 0 Å². The van der Waals surface area contributed by atoms with Crippen LogP contribution in [0.15, 0.2) is 121 Å². The largest absolute Gasteiger partial charge is 0.411 e. The zero-order valence-corrected chi connectivity index (χ0v) is 69.2. The highest BCUT2D eigenvalue weighted by molar-refractivity contribution is 6.74. The summed E-state index contributed by atoms with van der Waals surface area (Å²) in [6.07, 6.45) is 42.6. The first-order valence-corrected chi connectivity index (χ1v) is 47.6. The first-order chi connectivity index (χ1) is 49.3. The van der Waals surface area contributed by atoms with Gasteiger partial charge in [0.1, 0.15) is 24.4 Å². The monoisotopic (exact) mass is 1450 g/mol. The molecular formula is C90H151NO9Si2. The van der Waals surface area contributed by atoms with Crippen molar-refractivity contribution in [2.75, 3.05) is 13.2 Å². The summed E-state index contributed by atoms with van der Waals surface area (Å²) in [4.78, 5) is 15.1. The molecule has 578 valence electrons. The molecule has 1 saturated heterocycles. The third-order valence-corrected chi connectivity index (χ3v) is 31.2. The maximum absolute atomic E-state index is 15.1. The average Bonchev–Trinajstić information content (AvgIpc) is 0.787. The second-order valence-corrected chi connectivity index (χ2v) is 42.8. The average molecular weight is 1450 g/mol. The number of carbonyl (C=O) groups excluding carboxylic acids is 1. The number of carbonyl (C=O) groups is 1. The molecule has 0 aromatic heterocycles. The Kier molecular flexibility index (Phi) is 45.8. The van der Waals surface area contributed by atoms with Crippen LogP contribution < -0.4 is 5.32 Å². The first kappa shape index (κ1) is 89.1. The number of nitrogens with one attached hydrogen (secondary N) is 1. The zero-order valence-electron chi connectivity index (χ0n) is 67.2. The fourth-order valence-corrected chi connectivity index (χ4v) is 16.3. The van der Waals surface area contributed by atoms with Gasteiger partial charge in [0.05, 0.1) is 57.9 Å². The third-order valence-electron chi connectivity index (χ3n) is 22.2. The van der Waals surface area contributed by atoms with Crippen molar-refractivity contribution in [3.05, 3.63) is 144 Å². The Hall–Kier alpha value is -3.54. The minimum Gasteiger partial charge on any atom is -0.411 e. The van der Waals surface area contributed by atoms with Gasteiger partial charge in [-0.25, -0.2) is 0 Å². The number of rotatable bonds is 60. The van der Waals surface area contributed by atoms with Gasteiger partial charge in [0.2, 0.25) is 5.91 Å². The Bertz CT molecular complexity index is 2640. The van der Waals surface area contributed by atoms with Crippen LogP contribution in [-0.2, 0) is 68.5 Å². The van der Waals surface area contributed by atoms with Gasteiger partial charge in [0.15, 0.2) is 22.9 Å². The molecule has 1 fully saturated rings. The molecule has 1 heterocycles. The Morgan fingerprint density at radius 2 is 0.725 bits per heavy atom. The van der Waals surface area contributed by atoms with E-state index in [1.165, 1.54) is 193 Å². The molecule has 0 radical (unpaired) electrons. The first-order valence-electron chi connectivity index (χ1n) is 41.8. The molecule has 0 bridgehead atoms. The van der Waals surface area contributed by atoms with Gasteiger partial charge < -0.3 is 42.6 Å². The lowest BCUT2D eigenvalue weighted by Crippen LogP contribution is -2.63. The van der Waals surface area contributed by atoms with E-state index in [0.29, 0.717) is 26.2 Å². The highest BCUT2D eigenvalue weighted by Crippen LogP contribution is 2.43. The van der Waals surface area contributed by atoms with Crippen molar-refractivity contribution in [2.24, 2.45) is 0 Å². The van der Waals surface area contributed by atoms with Gasteiger partial charge in [-0.15, -0.1) is 0 Å². The molecule has 102 heavy (non-hydrogen) atoms. The molecule has 8 atom stereocenters. The number of amides is 1. The van der Waals surface area contributed by atoms with Crippen molar-refractivity contribution in [2.45, 2.75) is 405 Å². The van der Waals surface area contributed by atoms with E-state index in [0.717, 1.165) is 60.8 Å². The van der Waals surface area contributed by atoms with Crippen LogP contribution in [0.5, 0.6) is 0 Å². The molecule has 12 heteroatoms. The summed E-state index contributed by atoms with van der Waals surface area (Å²) < 4.78 is 58.7. The molecule has 1 aliphatic heterocycles. The Morgan fingerprint density at radius 3 is 1.10 bits per heavy atom. The normalized spacial score (nSPS) is 17.8. The third kappa shape index (κ3) is 37.3. The van der Waals surface area contributed by atoms with E-state index in [9.17, 15) is 0 Å². The van der Waals surface area contributed by atoms with Crippen molar-refractivity contribution < 1.29 is 42.1 Å². The lowest BCUT2D eigenvalue weighted by Gasteiger charge is -2.48. The summed E-state index contributed by atoms with van der Waals surface area (Å²) in [5, 5.41) is 3.46. The molecule has 1 amide bonds. The van der Waals surface area contributed by atoms with Gasteiger partial charge in [0, 0.05) is 6.42 Å². The maximum atomic E-state index is 15.1. The summed E-state index contributed by atoms with van der Waals surface area (Å²) in [6, 6.07) is 40.5. The van der Waals surface area contributed by atoms with Crippen LogP contribution in [0.4, 0.5) is 0 Å². The van der Waals surface area contributed by atoms with Gasteiger partial charge in [-0.1, -0.05) is 395 Å². The molecule has 4 aromatic rings. The number of hydrogen-bond donors (Lipinski definition) is 1. The molecule has 0 unspecified atom stereocenters. The number of ether oxygens (including phenoxy) is 6. The van der Waals surface area contributed by atoms with E-state index in [2.05, 4.69) is 135 Å². The lowest BCUT2D eigenvalue weighted by molar-refractivity contribution is -0.329. The molecule has 0 aliphatic carbocycles. The minimum atomic E-state index is -2.59. The molecule has 1 aliphatic rings. The van der Waals surface area contributed by atoms with Gasteiger partial charge >= 0.3 is 0 Å². The second kappa shape index (κ2) is 52.5. The Morgan fingerprint density at radius 1 is 0.402 bits per heavy atom.